The van der Waals surface area contributed by atoms with E-state index in [0.29, 0.717) is 0 Å². The molecule has 12 heavy (non-hydrogen) atoms. The zero-order valence-corrected chi connectivity index (χ0v) is 6.39. The predicted octanol–water partition coefficient (Wildman–Crippen LogP) is 3.36. The van der Waals surface area contributed by atoms with Gasteiger partial charge in [-0.1, -0.05) is 0 Å². The highest BCUT2D eigenvalue weighted by Gasteiger charge is 2.55. The highest BCUT2D eigenvalue weighted by Crippen LogP contribution is 2.41. The molecule has 0 aliphatic heterocycles. The van der Waals surface area contributed by atoms with Crippen LogP contribution in [0.2, 0.25) is 0 Å². The van der Waals surface area contributed by atoms with Crippen molar-refractivity contribution >= 4 is 11.6 Å². The van der Waals surface area contributed by atoms with Gasteiger partial charge in [-0.25, -0.2) is 0 Å². The van der Waals surface area contributed by atoms with Crippen LogP contribution in [-0.4, -0.2) is 18.2 Å². The monoisotopic (exact) mass is 214 g/mol. The maximum atomic E-state index is 11.6. The van der Waals surface area contributed by atoms with E-state index in [0.717, 1.165) is 0 Å². The van der Waals surface area contributed by atoms with E-state index >= 15 is 0 Å². The quantitative estimate of drug-likeness (QED) is 0.488. The smallest absolute Gasteiger partial charge is 0.170 e. The van der Waals surface area contributed by atoms with Crippen molar-refractivity contribution in [2.24, 2.45) is 5.92 Å². The van der Waals surface area contributed by atoms with Crippen LogP contribution < -0.4 is 0 Å². The molecule has 0 N–H and O–H groups in total. The van der Waals surface area contributed by atoms with Crippen molar-refractivity contribution in [1.82, 2.24) is 0 Å². The third-order valence-corrected chi connectivity index (χ3v) is 1.41. The van der Waals surface area contributed by atoms with Gasteiger partial charge in [-0.05, 0) is 6.42 Å². The summed E-state index contributed by atoms with van der Waals surface area (Å²) in [6.45, 7) is 0. The Bertz CT molecular complexity index is 122. The van der Waals surface area contributed by atoms with Crippen LogP contribution in [0, 0.1) is 5.92 Å². The first-order chi connectivity index (χ1) is 5.19. The number of hydrogen-bond acceptors (Lipinski definition) is 0. The molecule has 0 rings (SSSR count). The zero-order valence-electron chi connectivity index (χ0n) is 5.64. The lowest BCUT2D eigenvalue weighted by molar-refractivity contribution is -0.284. The van der Waals surface area contributed by atoms with Gasteiger partial charge in [-0.15, -0.1) is 11.6 Å². The average molecular weight is 215 g/mol. The molecule has 0 aromatic carbocycles. The predicted molar refractivity (Wildman–Crippen MR) is 30.9 cm³/mol. The van der Waals surface area contributed by atoms with Gasteiger partial charge >= 0.3 is 12.4 Å². The molecule has 0 aromatic heterocycles. The Kier molecular flexibility index (Phi) is 3.68. The van der Waals surface area contributed by atoms with Crippen LogP contribution in [0.1, 0.15) is 6.42 Å². The molecule has 0 spiro atoms. The highest BCUT2D eigenvalue weighted by atomic mass is 35.5. The van der Waals surface area contributed by atoms with E-state index in [1.807, 2.05) is 0 Å². The molecule has 0 heterocycles. The maximum Gasteiger partial charge on any atom is 0.400 e. The molecule has 0 amide bonds. The van der Waals surface area contributed by atoms with E-state index in [1.165, 1.54) is 0 Å². The molecular formula is C5H5ClF6. The third kappa shape index (κ3) is 3.51. The van der Waals surface area contributed by atoms with Crippen LogP contribution in [-0.2, 0) is 0 Å². The molecule has 0 radical (unpaired) electrons. The lowest BCUT2D eigenvalue weighted by atomic mass is 10.1. The molecule has 0 atom stereocenters. The normalized spacial score (nSPS) is 14.0. The second-order valence-electron chi connectivity index (χ2n) is 2.11. The van der Waals surface area contributed by atoms with Gasteiger partial charge in [0, 0.05) is 5.88 Å². The Balaban J connectivity index is 4.45. The van der Waals surface area contributed by atoms with E-state index in [1.54, 1.807) is 0 Å². The fourth-order valence-electron chi connectivity index (χ4n) is 0.622. The maximum absolute atomic E-state index is 11.6. The van der Waals surface area contributed by atoms with E-state index in [4.69, 9.17) is 11.6 Å². The average Bonchev–Trinajstić information content (AvgIpc) is 1.77. The topological polar surface area (TPSA) is 0 Å². The molecule has 0 fully saturated rings. The molecule has 0 saturated carbocycles. The third-order valence-electron chi connectivity index (χ3n) is 1.19. The van der Waals surface area contributed by atoms with Gasteiger partial charge in [0.1, 0.15) is 0 Å². The summed E-state index contributed by atoms with van der Waals surface area (Å²) in [5.41, 5.74) is 0. The minimum absolute atomic E-state index is 0.663. The van der Waals surface area contributed by atoms with Crippen molar-refractivity contribution in [2.45, 2.75) is 18.8 Å². The molecule has 0 saturated heterocycles. The summed E-state index contributed by atoms with van der Waals surface area (Å²) in [6.07, 6.45) is -11.6. The molecule has 0 bridgehead atoms. The Labute approximate surface area is 69.5 Å². The number of hydrogen-bond donors (Lipinski definition) is 0. The van der Waals surface area contributed by atoms with Gasteiger partial charge < -0.3 is 0 Å². The lowest BCUT2D eigenvalue weighted by Gasteiger charge is -2.21. The minimum Gasteiger partial charge on any atom is -0.170 e. The van der Waals surface area contributed by atoms with Gasteiger partial charge in [0.15, 0.2) is 5.92 Å². The van der Waals surface area contributed by atoms with Crippen LogP contribution in [0.4, 0.5) is 26.3 Å². The first-order valence-electron chi connectivity index (χ1n) is 2.89. The molecule has 7 heteroatoms. The fraction of sp³-hybridized carbons (Fsp3) is 1.00. The van der Waals surface area contributed by atoms with Crippen LogP contribution in [0.25, 0.3) is 0 Å². The Morgan fingerprint density at radius 2 is 1.25 bits per heavy atom. The van der Waals surface area contributed by atoms with Gasteiger partial charge in [-0.3, -0.25) is 0 Å². The molecule has 0 aliphatic rings. The lowest BCUT2D eigenvalue weighted by Crippen LogP contribution is -2.36. The second kappa shape index (κ2) is 3.72. The summed E-state index contributed by atoms with van der Waals surface area (Å²) >= 11 is 4.81. The minimum atomic E-state index is -5.26. The summed E-state index contributed by atoms with van der Waals surface area (Å²) in [6, 6.07) is 0. The Morgan fingerprint density at radius 1 is 0.917 bits per heavy atom. The molecular weight excluding hydrogens is 209 g/mol. The molecule has 0 aromatic rings. The summed E-state index contributed by atoms with van der Waals surface area (Å²) in [5.74, 6) is -3.97. The molecule has 0 aliphatic carbocycles. The zero-order chi connectivity index (χ0) is 9.99. The van der Waals surface area contributed by atoms with E-state index in [-0.39, 0.29) is 0 Å². The van der Waals surface area contributed by atoms with E-state index in [2.05, 4.69) is 0 Å². The van der Waals surface area contributed by atoms with Crippen molar-refractivity contribution in [3.8, 4) is 0 Å². The van der Waals surface area contributed by atoms with Crippen molar-refractivity contribution in [1.29, 1.82) is 0 Å². The van der Waals surface area contributed by atoms with Crippen LogP contribution in [0.5, 0.6) is 0 Å². The number of halogens is 7. The standard InChI is InChI=1S/C5H5ClF6/c6-2-1-3(4(7,8)9)5(10,11)12/h3H,1-2H2. The van der Waals surface area contributed by atoms with Crippen molar-refractivity contribution < 1.29 is 26.3 Å². The molecule has 0 nitrogen and oxygen atoms in total. The van der Waals surface area contributed by atoms with Crippen molar-refractivity contribution in [3.05, 3.63) is 0 Å². The summed E-state index contributed by atoms with van der Waals surface area (Å²) in [5, 5.41) is 0. The van der Waals surface area contributed by atoms with Crippen molar-refractivity contribution in [2.75, 3.05) is 5.88 Å². The first kappa shape index (κ1) is 11.9. The fourth-order valence-corrected chi connectivity index (χ4v) is 0.840. The summed E-state index contributed by atoms with van der Waals surface area (Å²) < 4.78 is 69.7. The molecule has 0 unspecified atom stereocenters. The second-order valence-corrected chi connectivity index (χ2v) is 2.49. The van der Waals surface area contributed by atoms with Gasteiger partial charge in [0.25, 0.3) is 0 Å². The Hall–Kier alpha value is -0.130. The van der Waals surface area contributed by atoms with Crippen LogP contribution in [0.3, 0.4) is 0 Å². The SMILES string of the molecule is FC(F)(F)C(CCCl)C(F)(F)F. The first-order valence-corrected chi connectivity index (χ1v) is 3.42. The van der Waals surface area contributed by atoms with Gasteiger partial charge in [0.05, 0.1) is 0 Å². The van der Waals surface area contributed by atoms with Gasteiger partial charge in [0.2, 0.25) is 0 Å². The van der Waals surface area contributed by atoms with E-state index in [9.17, 15) is 26.3 Å². The molecule has 74 valence electrons. The van der Waals surface area contributed by atoms with Crippen molar-refractivity contribution in [3.63, 3.8) is 0 Å². The van der Waals surface area contributed by atoms with Gasteiger partial charge in [-0.2, -0.15) is 26.3 Å². The largest absolute Gasteiger partial charge is 0.400 e. The van der Waals surface area contributed by atoms with Crippen LogP contribution >= 0.6 is 11.6 Å². The van der Waals surface area contributed by atoms with E-state index < -0.39 is 30.6 Å². The highest BCUT2D eigenvalue weighted by molar-refractivity contribution is 6.17. The Morgan fingerprint density at radius 3 is 1.33 bits per heavy atom. The summed E-state index contributed by atoms with van der Waals surface area (Å²) in [7, 11) is 0. The number of rotatable bonds is 2. The van der Waals surface area contributed by atoms with Crippen LogP contribution in [0.15, 0.2) is 0 Å². The summed E-state index contributed by atoms with van der Waals surface area (Å²) in [4.78, 5) is 0. The number of alkyl halides is 7.